The average Bonchev–Trinajstić information content (AvgIpc) is 3.23. The molecule has 3 aromatic heterocycles. The lowest BCUT2D eigenvalue weighted by molar-refractivity contribution is 0.372. The van der Waals surface area contributed by atoms with E-state index in [4.69, 9.17) is 8.94 Å². The Morgan fingerprint density at radius 1 is 1.26 bits per heavy atom. The van der Waals surface area contributed by atoms with E-state index in [1.165, 1.54) is 11.8 Å². The molecule has 122 valence electrons. The van der Waals surface area contributed by atoms with Crippen LogP contribution < -0.4 is 0 Å². The monoisotopic (exact) mass is 333 g/mol. The molecule has 3 heterocycles. The number of furan rings is 1. The summed E-state index contributed by atoms with van der Waals surface area (Å²) in [6, 6.07) is 3.71. The Morgan fingerprint density at radius 2 is 2.09 bits per heavy atom. The van der Waals surface area contributed by atoms with Crippen molar-refractivity contribution in [2.45, 2.75) is 50.6 Å². The zero-order chi connectivity index (χ0) is 16.4. The van der Waals surface area contributed by atoms with Crippen LogP contribution in [0.4, 0.5) is 0 Å². The average molecular weight is 333 g/mol. The van der Waals surface area contributed by atoms with E-state index in [0.717, 1.165) is 17.5 Å². The lowest BCUT2D eigenvalue weighted by atomic mass is 9.96. The highest BCUT2D eigenvalue weighted by Crippen LogP contribution is 2.27. The zero-order valence-electron chi connectivity index (χ0n) is 13.6. The first-order chi connectivity index (χ1) is 11.0. The Balaban J connectivity index is 1.75. The van der Waals surface area contributed by atoms with E-state index in [2.05, 4.69) is 41.1 Å². The summed E-state index contributed by atoms with van der Waals surface area (Å²) < 4.78 is 12.7. The molecule has 0 fully saturated rings. The van der Waals surface area contributed by atoms with Crippen LogP contribution in [-0.2, 0) is 17.7 Å². The van der Waals surface area contributed by atoms with Gasteiger partial charge in [0.15, 0.2) is 22.6 Å². The Bertz CT molecular complexity index is 770. The molecule has 0 spiro atoms. The summed E-state index contributed by atoms with van der Waals surface area (Å²) >= 11 is 1.52. The van der Waals surface area contributed by atoms with Crippen LogP contribution in [-0.4, -0.2) is 24.9 Å². The Hall–Kier alpha value is -2.09. The van der Waals surface area contributed by atoms with E-state index in [9.17, 15) is 0 Å². The summed E-state index contributed by atoms with van der Waals surface area (Å²) in [5.74, 6) is 3.28. The van der Waals surface area contributed by atoms with Crippen molar-refractivity contribution in [3.05, 3.63) is 30.1 Å². The van der Waals surface area contributed by atoms with Gasteiger partial charge in [-0.3, -0.25) is 4.57 Å². The maximum atomic E-state index is 5.41. The van der Waals surface area contributed by atoms with Crippen molar-refractivity contribution in [1.29, 1.82) is 0 Å². The molecule has 0 radical (unpaired) electrons. The summed E-state index contributed by atoms with van der Waals surface area (Å²) in [7, 11) is 0. The van der Waals surface area contributed by atoms with Gasteiger partial charge in [-0.25, -0.2) is 0 Å². The first-order valence-electron chi connectivity index (χ1n) is 7.42. The number of rotatable bonds is 5. The molecule has 8 heteroatoms. The molecule has 0 aliphatic carbocycles. The molecule has 0 N–H and O–H groups in total. The van der Waals surface area contributed by atoms with Crippen molar-refractivity contribution < 1.29 is 8.94 Å². The van der Waals surface area contributed by atoms with Gasteiger partial charge < -0.3 is 8.94 Å². The summed E-state index contributed by atoms with van der Waals surface area (Å²) in [6.07, 6.45) is 1.63. The standard InChI is InChI=1S/C15H19N5O2S/c1-5-20-12(10-7-6-8-21-10)17-18-14(20)23-9-11-16-13(19-22-11)15(2,3)4/h6-8H,5,9H2,1-4H3. The van der Waals surface area contributed by atoms with E-state index in [1.807, 2.05) is 23.6 Å². The van der Waals surface area contributed by atoms with E-state index in [0.29, 0.717) is 23.2 Å². The fourth-order valence-corrected chi connectivity index (χ4v) is 2.85. The lowest BCUT2D eigenvalue weighted by Crippen LogP contribution is -2.13. The van der Waals surface area contributed by atoms with E-state index in [-0.39, 0.29) is 5.41 Å². The normalized spacial score (nSPS) is 12.0. The molecule has 0 aromatic carbocycles. The van der Waals surface area contributed by atoms with Gasteiger partial charge in [-0.15, -0.1) is 10.2 Å². The second kappa shape index (κ2) is 6.19. The molecule has 0 saturated heterocycles. The van der Waals surface area contributed by atoms with Crippen LogP contribution >= 0.6 is 11.8 Å². The predicted molar refractivity (Wildman–Crippen MR) is 86.0 cm³/mol. The van der Waals surface area contributed by atoms with Gasteiger partial charge in [0.1, 0.15) is 0 Å². The van der Waals surface area contributed by atoms with Crippen LogP contribution in [0.3, 0.4) is 0 Å². The molecule has 0 unspecified atom stereocenters. The minimum Gasteiger partial charge on any atom is -0.461 e. The predicted octanol–water partition coefficient (Wildman–Crippen LogP) is 3.53. The third kappa shape index (κ3) is 3.31. The molecule has 0 aliphatic heterocycles. The first-order valence-corrected chi connectivity index (χ1v) is 8.40. The summed E-state index contributed by atoms with van der Waals surface area (Å²) in [6.45, 7) is 8.96. The van der Waals surface area contributed by atoms with Gasteiger partial charge in [0.2, 0.25) is 5.89 Å². The minimum atomic E-state index is -0.123. The third-order valence-corrected chi connectivity index (χ3v) is 4.19. The maximum Gasteiger partial charge on any atom is 0.237 e. The second-order valence-corrected chi connectivity index (χ2v) is 7.02. The smallest absolute Gasteiger partial charge is 0.237 e. The molecular formula is C15H19N5O2S. The number of hydrogen-bond donors (Lipinski definition) is 0. The number of thioether (sulfide) groups is 1. The molecule has 0 saturated carbocycles. The van der Waals surface area contributed by atoms with Crippen molar-refractivity contribution >= 4 is 11.8 Å². The maximum absolute atomic E-state index is 5.41. The topological polar surface area (TPSA) is 82.8 Å². The van der Waals surface area contributed by atoms with Crippen LogP contribution in [0.15, 0.2) is 32.5 Å². The molecule has 23 heavy (non-hydrogen) atoms. The quantitative estimate of drug-likeness (QED) is 0.660. The highest BCUT2D eigenvalue weighted by atomic mass is 32.2. The minimum absolute atomic E-state index is 0.123. The lowest BCUT2D eigenvalue weighted by Gasteiger charge is -2.10. The van der Waals surface area contributed by atoms with E-state index in [1.54, 1.807) is 6.26 Å². The Morgan fingerprint density at radius 3 is 2.70 bits per heavy atom. The van der Waals surface area contributed by atoms with E-state index < -0.39 is 0 Å². The number of hydrogen-bond acceptors (Lipinski definition) is 7. The summed E-state index contributed by atoms with van der Waals surface area (Å²) in [5.41, 5.74) is -0.123. The van der Waals surface area contributed by atoms with Crippen LogP contribution in [0.1, 0.15) is 39.4 Å². The van der Waals surface area contributed by atoms with E-state index >= 15 is 0 Å². The largest absolute Gasteiger partial charge is 0.461 e. The zero-order valence-corrected chi connectivity index (χ0v) is 14.4. The Kier molecular flexibility index (Phi) is 4.25. The first kappa shape index (κ1) is 15.8. The highest BCUT2D eigenvalue weighted by molar-refractivity contribution is 7.98. The molecule has 0 bridgehead atoms. The molecule has 0 aliphatic rings. The van der Waals surface area contributed by atoms with Gasteiger partial charge in [-0.05, 0) is 19.1 Å². The van der Waals surface area contributed by atoms with Gasteiger partial charge in [0, 0.05) is 12.0 Å². The summed E-state index contributed by atoms with van der Waals surface area (Å²) in [5, 5.41) is 13.3. The Labute approximate surface area is 138 Å². The fraction of sp³-hybridized carbons (Fsp3) is 0.467. The van der Waals surface area contributed by atoms with Crippen LogP contribution in [0.2, 0.25) is 0 Å². The van der Waals surface area contributed by atoms with Gasteiger partial charge in [-0.2, -0.15) is 4.98 Å². The van der Waals surface area contributed by atoms with Crippen molar-refractivity contribution in [3.8, 4) is 11.6 Å². The molecule has 0 amide bonds. The van der Waals surface area contributed by atoms with Crippen molar-refractivity contribution in [2.24, 2.45) is 0 Å². The third-order valence-electron chi connectivity index (χ3n) is 3.24. The molecule has 0 atom stereocenters. The van der Waals surface area contributed by atoms with Crippen LogP contribution in [0.25, 0.3) is 11.6 Å². The van der Waals surface area contributed by atoms with Crippen molar-refractivity contribution in [2.75, 3.05) is 0 Å². The molecule has 3 rings (SSSR count). The van der Waals surface area contributed by atoms with Gasteiger partial charge >= 0.3 is 0 Å². The number of nitrogens with zero attached hydrogens (tertiary/aromatic N) is 5. The SMILES string of the molecule is CCn1c(SCc2nc(C(C)(C)C)no2)nnc1-c1ccco1. The van der Waals surface area contributed by atoms with Crippen LogP contribution in [0.5, 0.6) is 0 Å². The summed E-state index contributed by atoms with van der Waals surface area (Å²) in [4.78, 5) is 4.43. The second-order valence-electron chi connectivity index (χ2n) is 6.08. The van der Waals surface area contributed by atoms with Crippen LogP contribution in [0, 0.1) is 0 Å². The van der Waals surface area contributed by atoms with Gasteiger partial charge in [0.25, 0.3) is 0 Å². The molecular weight excluding hydrogens is 314 g/mol. The number of aromatic nitrogens is 5. The van der Waals surface area contributed by atoms with Gasteiger partial charge in [-0.1, -0.05) is 37.7 Å². The fourth-order valence-electron chi connectivity index (χ4n) is 2.01. The van der Waals surface area contributed by atoms with Crippen molar-refractivity contribution in [3.63, 3.8) is 0 Å². The van der Waals surface area contributed by atoms with Crippen molar-refractivity contribution in [1.82, 2.24) is 24.9 Å². The molecule has 7 nitrogen and oxygen atoms in total. The van der Waals surface area contributed by atoms with Gasteiger partial charge in [0.05, 0.1) is 12.0 Å². The highest BCUT2D eigenvalue weighted by Gasteiger charge is 2.21. The molecule has 3 aromatic rings.